The monoisotopic (exact) mass is 377 g/mol. The summed E-state index contributed by atoms with van der Waals surface area (Å²) in [6, 6.07) is 3.00. The summed E-state index contributed by atoms with van der Waals surface area (Å²) >= 11 is 12.0. The number of halogens is 2. The Balaban J connectivity index is 2.69. The Bertz CT molecular complexity index is 613. The highest BCUT2D eigenvalue weighted by atomic mass is 35.5. The molecule has 1 aromatic rings. The van der Waals surface area contributed by atoms with Gasteiger partial charge < -0.3 is 19.5 Å². The van der Waals surface area contributed by atoms with Crippen molar-refractivity contribution in [3.05, 3.63) is 27.7 Å². The van der Waals surface area contributed by atoms with Gasteiger partial charge in [-0.05, 0) is 39.8 Å². The minimum absolute atomic E-state index is 0.0378. The normalized spacial score (nSPS) is 12.3. The average molecular weight is 378 g/mol. The van der Waals surface area contributed by atoms with Crippen molar-refractivity contribution in [1.82, 2.24) is 5.32 Å². The number of hydrogen-bond donors (Lipinski definition) is 1. The van der Waals surface area contributed by atoms with Crippen LogP contribution < -0.4 is 10.1 Å². The number of nitrogens with one attached hydrogen (secondary N) is 1. The van der Waals surface area contributed by atoms with E-state index in [1.54, 1.807) is 27.7 Å². The molecule has 8 heteroatoms. The molecule has 0 aromatic heterocycles. The van der Waals surface area contributed by atoms with Crippen LogP contribution in [-0.4, -0.2) is 37.4 Å². The van der Waals surface area contributed by atoms with Gasteiger partial charge in [0, 0.05) is 0 Å². The second-order valence-electron chi connectivity index (χ2n) is 6.04. The van der Waals surface area contributed by atoms with E-state index in [9.17, 15) is 9.59 Å². The zero-order valence-corrected chi connectivity index (χ0v) is 15.7. The van der Waals surface area contributed by atoms with Crippen molar-refractivity contribution in [3.63, 3.8) is 0 Å². The third-order valence-electron chi connectivity index (χ3n) is 2.71. The van der Waals surface area contributed by atoms with E-state index in [4.69, 9.17) is 37.4 Å². The molecule has 0 aliphatic heterocycles. The van der Waals surface area contributed by atoms with Crippen molar-refractivity contribution < 1.29 is 23.8 Å². The molecule has 0 fully saturated rings. The third-order valence-corrected chi connectivity index (χ3v) is 3.32. The fraction of sp³-hybridized carbons (Fsp3) is 0.500. The van der Waals surface area contributed by atoms with Crippen LogP contribution in [0.4, 0.5) is 4.79 Å². The fourth-order valence-corrected chi connectivity index (χ4v) is 2.21. The summed E-state index contributed by atoms with van der Waals surface area (Å²) in [4.78, 5) is 23.9. The van der Waals surface area contributed by atoms with Gasteiger partial charge in [0.2, 0.25) is 0 Å². The maximum Gasteiger partial charge on any atom is 0.407 e. The summed E-state index contributed by atoms with van der Waals surface area (Å²) in [6.45, 7) is 6.97. The van der Waals surface area contributed by atoms with Crippen LogP contribution in [0.15, 0.2) is 12.1 Å². The summed E-state index contributed by atoms with van der Waals surface area (Å²) in [7, 11) is 1.38. The highest BCUT2D eigenvalue weighted by Crippen LogP contribution is 2.34. The van der Waals surface area contributed by atoms with Crippen molar-refractivity contribution in [1.29, 1.82) is 0 Å². The van der Waals surface area contributed by atoms with Crippen molar-refractivity contribution >= 4 is 35.3 Å². The van der Waals surface area contributed by atoms with Crippen LogP contribution in [0.1, 0.15) is 38.1 Å². The maximum absolute atomic E-state index is 12.3. The number of methoxy groups -OCH3 is 1. The third kappa shape index (κ3) is 6.09. The molecule has 0 heterocycles. The maximum atomic E-state index is 12.3. The van der Waals surface area contributed by atoms with Crippen LogP contribution in [-0.2, 0) is 9.47 Å². The molecule has 1 N–H and O–H groups in total. The van der Waals surface area contributed by atoms with Gasteiger partial charge in [0.1, 0.15) is 17.3 Å². The highest BCUT2D eigenvalue weighted by molar-refractivity contribution is 6.37. The quantitative estimate of drug-likeness (QED) is 0.782. The SMILES string of the molecule is COc1c(Cl)ccc(Cl)c1C(=O)OC(C)CNC(=O)OC(C)(C)C. The van der Waals surface area contributed by atoms with Crippen LogP contribution in [0.25, 0.3) is 0 Å². The van der Waals surface area contributed by atoms with E-state index < -0.39 is 23.8 Å². The van der Waals surface area contributed by atoms with Gasteiger partial charge in [-0.15, -0.1) is 0 Å². The predicted molar refractivity (Wildman–Crippen MR) is 92.1 cm³/mol. The van der Waals surface area contributed by atoms with Gasteiger partial charge in [-0.3, -0.25) is 0 Å². The van der Waals surface area contributed by atoms with Crippen LogP contribution in [0.3, 0.4) is 0 Å². The molecule has 1 unspecified atom stereocenters. The van der Waals surface area contributed by atoms with Gasteiger partial charge in [-0.2, -0.15) is 0 Å². The Morgan fingerprint density at radius 3 is 2.33 bits per heavy atom. The number of carbonyl (C=O) groups is 2. The largest absolute Gasteiger partial charge is 0.494 e. The van der Waals surface area contributed by atoms with Gasteiger partial charge in [-0.25, -0.2) is 9.59 Å². The second kappa shape index (κ2) is 8.44. The smallest absolute Gasteiger partial charge is 0.407 e. The van der Waals surface area contributed by atoms with E-state index in [1.165, 1.54) is 19.2 Å². The standard InChI is InChI=1S/C16H21Cl2NO5/c1-9(8-19-15(21)24-16(2,3)4)23-14(20)12-10(17)6-7-11(18)13(12)22-5/h6-7,9H,8H2,1-5H3,(H,19,21). The first-order chi connectivity index (χ1) is 11.0. The Morgan fingerprint density at radius 1 is 1.21 bits per heavy atom. The first-order valence-electron chi connectivity index (χ1n) is 7.25. The Morgan fingerprint density at radius 2 is 1.79 bits per heavy atom. The summed E-state index contributed by atoms with van der Waals surface area (Å²) in [5.74, 6) is -0.556. The lowest BCUT2D eigenvalue weighted by molar-refractivity contribution is 0.0288. The number of rotatable bonds is 5. The number of amides is 1. The zero-order valence-electron chi connectivity index (χ0n) is 14.2. The minimum Gasteiger partial charge on any atom is -0.494 e. The number of esters is 1. The molecular weight excluding hydrogens is 357 g/mol. The first-order valence-corrected chi connectivity index (χ1v) is 8.00. The number of carbonyl (C=O) groups excluding carboxylic acids is 2. The topological polar surface area (TPSA) is 73.9 Å². The second-order valence-corrected chi connectivity index (χ2v) is 6.85. The average Bonchev–Trinajstić information content (AvgIpc) is 2.45. The van der Waals surface area contributed by atoms with E-state index in [1.807, 2.05) is 0 Å². The van der Waals surface area contributed by atoms with E-state index in [0.29, 0.717) is 0 Å². The number of benzene rings is 1. The van der Waals surface area contributed by atoms with E-state index >= 15 is 0 Å². The van der Waals surface area contributed by atoms with Gasteiger partial charge in [-0.1, -0.05) is 23.2 Å². The van der Waals surface area contributed by atoms with Crippen LogP contribution in [0.5, 0.6) is 5.75 Å². The molecule has 0 saturated carbocycles. The molecule has 0 radical (unpaired) electrons. The van der Waals surface area contributed by atoms with Gasteiger partial charge in [0.15, 0.2) is 5.75 Å². The van der Waals surface area contributed by atoms with Gasteiger partial charge in [0.05, 0.1) is 23.7 Å². The summed E-state index contributed by atoms with van der Waals surface area (Å²) in [6.07, 6.45) is -1.20. The molecule has 1 rings (SSSR count). The van der Waals surface area contributed by atoms with Crippen molar-refractivity contribution in [2.24, 2.45) is 0 Å². The predicted octanol–water partition coefficient (Wildman–Crippen LogP) is 4.07. The summed E-state index contributed by atoms with van der Waals surface area (Å²) in [5, 5.41) is 2.93. The number of ether oxygens (including phenoxy) is 3. The Labute approximate surface area is 151 Å². The molecule has 6 nitrogen and oxygen atoms in total. The molecule has 0 aliphatic rings. The molecule has 0 saturated heterocycles. The zero-order chi connectivity index (χ0) is 18.5. The van der Waals surface area contributed by atoms with Crippen LogP contribution in [0.2, 0.25) is 10.0 Å². The van der Waals surface area contributed by atoms with Gasteiger partial charge in [0.25, 0.3) is 0 Å². The molecule has 1 amide bonds. The molecule has 134 valence electrons. The molecule has 0 aliphatic carbocycles. The summed E-state index contributed by atoms with van der Waals surface area (Å²) < 4.78 is 15.5. The van der Waals surface area contributed by atoms with E-state index in [0.717, 1.165) is 0 Å². The summed E-state index contributed by atoms with van der Waals surface area (Å²) in [5.41, 5.74) is -0.568. The Kier molecular flexibility index (Phi) is 7.17. The molecule has 1 atom stereocenters. The Hall–Kier alpha value is -1.66. The lowest BCUT2D eigenvalue weighted by atomic mass is 10.2. The van der Waals surface area contributed by atoms with Crippen molar-refractivity contribution in [3.8, 4) is 5.75 Å². The van der Waals surface area contributed by atoms with Crippen LogP contribution >= 0.6 is 23.2 Å². The number of hydrogen-bond acceptors (Lipinski definition) is 5. The van der Waals surface area contributed by atoms with Crippen molar-refractivity contribution in [2.75, 3.05) is 13.7 Å². The van der Waals surface area contributed by atoms with E-state index in [2.05, 4.69) is 5.32 Å². The lowest BCUT2D eigenvalue weighted by Crippen LogP contribution is -2.37. The highest BCUT2D eigenvalue weighted by Gasteiger charge is 2.23. The molecule has 0 bridgehead atoms. The molecule has 1 aromatic carbocycles. The van der Waals surface area contributed by atoms with Gasteiger partial charge >= 0.3 is 12.1 Å². The van der Waals surface area contributed by atoms with Crippen molar-refractivity contribution in [2.45, 2.75) is 39.4 Å². The van der Waals surface area contributed by atoms with Crippen LogP contribution in [0, 0.1) is 0 Å². The first kappa shape index (κ1) is 20.4. The molecule has 24 heavy (non-hydrogen) atoms. The minimum atomic E-state index is -0.696. The number of alkyl carbamates (subject to hydrolysis) is 1. The molecule has 0 spiro atoms. The van der Waals surface area contributed by atoms with E-state index in [-0.39, 0.29) is 27.9 Å². The molecular formula is C16H21Cl2NO5. The lowest BCUT2D eigenvalue weighted by Gasteiger charge is -2.21. The fourth-order valence-electron chi connectivity index (χ4n) is 1.75.